The molecule has 3 rings (SSSR count). The minimum absolute atomic E-state index is 0.195. The third-order valence-corrected chi connectivity index (χ3v) is 4.65. The van der Waals surface area contributed by atoms with Crippen molar-refractivity contribution in [2.24, 2.45) is 5.92 Å². The van der Waals surface area contributed by atoms with Crippen molar-refractivity contribution < 1.29 is 4.79 Å². The predicted octanol–water partition coefficient (Wildman–Crippen LogP) is 3.07. The first-order chi connectivity index (χ1) is 11.2. The second kappa shape index (κ2) is 7.17. The number of nitrogens with zero attached hydrogens (tertiary/aromatic N) is 4. The van der Waals surface area contributed by atoms with Gasteiger partial charge in [-0.15, -0.1) is 0 Å². The molecule has 0 saturated heterocycles. The van der Waals surface area contributed by atoms with Gasteiger partial charge in [-0.3, -0.25) is 9.78 Å². The maximum absolute atomic E-state index is 12.6. The zero-order valence-corrected chi connectivity index (χ0v) is 14.4. The van der Waals surface area contributed by atoms with E-state index in [0.29, 0.717) is 12.3 Å². The van der Waals surface area contributed by atoms with Gasteiger partial charge in [-0.2, -0.15) is 16.9 Å². The molecule has 6 heteroatoms. The highest BCUT2D eigenvalue weighted by Gasteiger charge is 2.29. The first-order valence-electron chi connectivity index (χ1n) is 7.95. The van der Waals surface area contributed by atoms with E-state index in [1.807, 2.05) is 36.4 Å². The number of amides is 1. The molecule has 1 fully saturated rings. The van der Waals surface area contributed by atoms with E-state index >= 15 is 0 Å². The van der Waals surface area contributed by atoms with E-state index in [9.17, 15) is 4.79 Å². The molecule has 1 amide bonds. The van der Waals surface area contributed by atoms with Crippen LogP contribution < -0.4 is 4.90 Å². The average Bonchev–Trinajstić information content (AvgIpc) is 3.32. The summed E-state index contributed by atoms with van der Waals surface area (Å²) < 4.78 is 1.80. The maximum atomic E-state index is 12.6. The van der Waals surface area contributed by atoms with Crippen molar-refractivity contribution in [1.29, 1.82) is 0 Å². The number of aromatic nitrogens is 3. The molecular weight excluding hydrogens is 308 g/mol. The van der Waals surface area contributed by atoms with Crippen LogP contribution >= 0.6 is 11.8 Å². The highest BCUT2D eigenvalue weighted by molar-refractivity contribution is 7.98. The van der Waals surface area contributed by atoms with E-state index in [-0.39, 0.29) is 5.91 Å². The van der Waals surface area contributed by atoms with Crippen LogP contribution in [0.25, 0.3) is 5.69 Å². The fourth-order valence-electron chi connectivity index (χ4n) is 2.55. The largest absolute Gasteiger partial charge is 0.309 e. The number of aryl methyl sites for hydroxylation is 1. The predicted molar refractivity (Wildman–Crippen MR) is 94.2 cm³/mol. The summed E-state index contributed by atoms with van der Waals surface area (Å²) in [6, 6.07) is 3.85. The minimum Gasteiger partial charge on any atom is -0.309 e. The molecule has 1 aliphatic rings. The summed E-state index contributed by atoms with van der Waals surface area (Å²) in [5, 5.41) is 4.57. The van der Waals surface area contributed by atoms with Crippen molar-refractivity contribution in [2.45, 2.75) is 26.2 Å². The van der Waals surface area contributed by atoms with E-state index < -0.39 is 0 Å². The second-order valence-corrected chi connectivity index (χ2v) is 6.93. The Kier molecular flexibility index (Phi) is 5.00. The number of hydrogen-bond acceptors (Lipinski definition) is 4. The number of anilines is 1. The fourth-order valence-corrected chi connectivity index (χ4v) is 2.93. The molecule has 0 bridgehead atoms. The van der Waals surface area contributed by atoms with Gasteiger partial charge in [-0.1, -0.05) is 0 Å². The third-order valence-electron chi connectivity index (χ3n) is 4.03. The van der Waals surface area contributed by atoms with Crippen LogP contribution in [0.2, 0.25) is 0 Å². The van der Waals surface area contributed by atoms with Gasteiger partial charge < -0.3 is 4.90 Å². The Bertz CT molecular complexity index is 666. The second-order valence-electron chi connectivity index (χ2n) is 5.95. The molecule has 23 heavy (non-hydrogen) atoms. The summed E-state index contributed by atoms with van der Waals surface area (Å²) in [5.74, 6) is 1.70. The fraction of sp³-hybridized carbons (Fsp3) is 0.471. The Balaban J connectivity index is 1.86. The lowest BCUT2D eigenvalue weighted by Gasteiger charge is -2.21. The molecule has 0 N–H and O–H groups in total. The standard InChI is InChI=1S/C17H22N4OS/c1-13-16(12-21(19-13)15-4-3-8-18-10-15)20(11-14-5-6-14)17(22)7-9-23-2/h3-4,8,10,12,14H,5-7,9,11H2,1-2H3. The lowest BCUT2D eigenvalue weighted by molar-refractivity contribution is -0.118. The summed E-state index contributed by atoms with van der Waals surface area (Å²) in [7, 11) is 0. The van der Waals surface area contributed by atoms with Gasteiger partial charge in [0.25, 0.3) is 0 Å². The van der Waals surface area contributed by atoms with Gasteiger partial charge in [-0.05, 0) is 44.1 Å². The van der Waals surface area contributed by atoms with Crippen LogP contribution in [0.3, 0.4) is 0 Å². The number of rotatable bonds is 7. The Labute approximate surface area is 141 Å². The molecule has 5 nitrogen and oxygen atoms in total. The van der Waals surface area contributed by atoms with Crippen molar-refractivity contribution >= 4 is 23.4 Å². The molecule has 0 spiro atoms. The Hall–Kier alpha value is -1.82. The van der Waals surface area contributed by atoms with Gasteiger partial charge in [0.05, 0.1) is 29.5 Å². The SMILES string of the molecule is CSCCC(=O)N(CC1CC1)c1cn(-c2cccnc2)nc1C. The van der Waals surface area contributed by atoms with Gasteiger partial charge in [0, 0.05) is 24.9 Å². The summed E-state index contributed by atoms with van der Waals surface area (Å²) >= 11 is 1.71. The Morgan fingerprint density at radius 1 is 1.48 bits per heavy atom. The van der Waals surface area contributed by atoms with Gasteiger partial charge in [0.15, 0.2) is 0 Å². The average molecular weight is 330 g/mol. The quantitative estimate of drug-likeness (QED) is 0.783. The van der Waals surface area contributed by atoms with Gasteiger partial charge in [0.2, 0.25) is 5.91 Å². The van der Waals surface area contributed by atoms with Crippen molar-refractivity contribution in [1.82, 2.24) is 14.8 Å². The summed E-state index contributed by atoms with van der Waals surface area (Å²) in [6.45, 7) is 2.77. The monoisotopic (exact) mass is 330 g/mol. The number of thioether (sulfide) groups is 1. The molecule has 2 heterocycles. The van der Waals surface area contributed by atoms with Crippen LogP contribution in [0.15, 0.2) is 30.7 Å². The van der Waals surface area contributed by atoms with Crippen LogP contribution in [-0.4, -0.2) is 39.2 Å². The Morgan fingerprint density at radius 2 is 2.30 bits per heavy atom. The molecule has 0 unspecified atom stereocenters. The summed E-state index contributed by atoms with van der Waals surface area (Å²) in [5.41, 5.74) is 2.71. The van der Waals surface area contributed by atoms with Gasteiger partial charge in [0.1, 0.15) is 0 Å². The molecule has 122 valence electrons. The van der Waals surface area contributed by atoms with Crippen LogP contribution in [0.4, 0.5) is 5.69 Å². The summed E-state index contributed by atoms with van der Waals surface area (Å²) in [6.07, 6.45) is 10.5. The number of carbonyl (C=O) groups is 1. The first kappa shape index (κ1) is 16.1. The summed E-state index contributed by atoms with van der Waals surface area (Å²) in [4.78, 5) is 18.7. The molecule has 0 aliphatic heterocycles. The molecule has 1 saturated carbocycles. The highest BCUT2D eigenvalue weighted by atomic mass is 32.2. The van der Waals surface area contributed by atoms with E-state index in [1.165, 1.54) is 12.8 Å². The molecule has 0 atom stereocenters. The normalized spacial score (nSPS) is 14.0. The maximum Gasteiger partial charge on any atom is 0.227 e. The number of carbonyl (C=O) groups excluding carboxylic acids is 1. The van der Waals surface area contributed by atoms with Crippen molar-refractivity contribution in [3.8, 4) is 5.69 Å². The van der Waals surface area contributed by atoms with E-state index in [4.69, 9.17) is 0 Å². The van der Waals surface area contributed by atoms with E-state index in [2.05, 4.69) is 10.1 Å². The molecular formula is C17H22N4OS. The number of pyridine rings is 1. The zero-order valence-electron chi connectivity index (χ0n) is 13.6. The van der Waals surface area contributed by atoms with Crippen molar-refractivity contribution in [2.75, 3.05) is 23.5 Å². The van der Waals surface area contributed by atoms with Crippen LogP contribution in [0.1, 0.15) is 25.0 Å². The van der Waals surface area contributed by atoms with Gasteiger partial charge >= 0.3 is 0 Å². The van der Waals surface area contributed by atoms with Crippen LogP contribution in [-0.2, 0) is 4.79 Å². The first-order valence-corrected chi connectivity index (χ1v) is 9.34. The van der Waals surface area contributed by atoms with Crippen LogP contribution in [0.5, 0.6) is 0 Å². The lowest BCUT2D eigenvalue weighted by Crippen LogP contribution is -2.33. The van der Waals surface area contributed by atoms with Crippen molar-refractivity contribution in [3.63, 3.8) is 0 Å². The minimum atomic E-state index is 0.195. The van der Waals surface area contributed by atoms with Crippen LogP contribution in [0, 0.1) is 12.8 Å². The smallest absolute Gasteiger partial charge is 0.227 e. The van der Waals surface area contributed by atoms with E-state index in [0.717, 1.165) is 29.4 Å². The third kappa shape index (κ3) is 3.93. The number of hydrogen-bond donors (Lipinski definition) is 0. The van der Waals surface area contributed by atoms with Gasteiger partial charge in [-0.25, -0.2) is 4.68 Å². The molecule has 0 aromatic carbocycles. The topological polar surface area (TPSA) is 51.0 Å². The van der Waals surface area contributed by atoms with Crippen molar-refractivity contribution in [3.05, 3.63) is 36.4 Å². The molecule has 1 aliphatic carbocycles. The zero-order chi connectivity index (χ0) is 16.2. The molecule has 0 radical (unpaired) electrons. The Morgan fingerprint density at radius 3 is 2.96 bits per heavy atom. The van der Waals surface area contributed by atoms with E-state index in [1.54, 1.807) is 28.8 Å². The molecule has 2 aromatic heterocycles. The highest BCUT2D eigenvalue weighted by Crippen LogP contribution is 2.33. The molecule has 2 aromatic rings. The lowest BCUT2D eigenvalue weighted by atomic mass is 10.2.